The van der Waals surface area contributed by atoms with Crippen LogP contribution in [0.2, 0.25) is 0 Å². The molecule has 1 saturated heterocycles. The lowest BCUT2D eigenvalue weighted by molar-refractivity contribution is -0.136. The van der Waals surface area contributed by atoms with Gasteiger partial charge < -0.3 is 9.80 Å². The van der Waals surface area contributed by atoms with E-state index in [0.717, 1.165) is 26.2 Å². The van der Waals surface area contributed by atoms with Gasteiger partial charge in [0.25, 0.3) is 0 Å². The minimum absolute atomic E-state index is 0.248. The molecule has 0 N–H and O–H groups in total. The van der Waals surface area contributed by atoms with Crippen LogP contribution in [-0.2, 0) is 4.79 Å². The normalized spacial score (nSPS) is 16.4. The molecule has 0 radical (unpaired) electrons. The summed E-state index contributed by atoms with van der Waals surface area (Å²) in [5.74, 6) is 0.248. The Hall–Kier alpha value is -1.55. The number of rotatable bonds is 5. The van der Waals surface area contributed by atoms with E-state index in [1.807, 2.05) is 11.0 Å². The molecule has 2 rings (SSSR count). The Morgan fingerprint density at radius 3 is 2.05 bits per heavy atom. The molecule has 1 fully saturated rings. The Labute approximate surface area is 134 Å². The van der Waals surface area contributed by atoms with Gasteiger partial charge in [0.1, 0.15) is 0 Å². The molecule has 0 aliphatic carbocycles. The van der Waals surface area contributed by atoms with Crippen LogP contribution in [0.15, 0.2) is 30.3 Å². The predicted octanol–water partition coefficient (Wildman–Crippen LogP) is 2.45. The Bertz CT molecular complexity index is 456. The number of nitrogens with zero attached hydrogens (tertiary/aromatic N) is 3. The van der Waals surface area contributed by atoms with Crippen molar-refractivity contribution in [2.24, 2.45) is 0 Å². The molecule has 1 amide bonds. The van der Waals surface area contributed by atoms with Gasteiger partial charge in [0.05, 0.1) is 6.54 Å². The third kappa shape index (κ3) is 4.23. The quantitative estimate of drug-likeness (QED) is 0.836. The van der Waals surface area contributed by atoms with E-state index >= 15 is 0 Å². The molecule has 0 saturated carbocycles. The van der Waals surface area contributed by atoms with Crippen molar-refractivity contribution in [2.45, 2.75) is 39.8 Å². The Morgan fingerprint density at radius 2 is 1.55 bits per heavy atom. The molecule has 1 aliphatic heterocycles. The van der Waals surface area contributed by atoms with Gasteiger partial charge >= 0.3 is 0 Å². The van der Waals surface area contributed by atoms with Crippen molar-refractivity contribution >= 4 is 11.6 Å². The molecule has 1 aromatic carbocycles. The number of benzene rings is 1. The molecule has 1 heterocycles. The molecule has 4 heteroatoms. The molecular formula is C18H29N3O. The number of hydrogen-bond acceptors (Lipinski definition) is 3. The molecule has 4 nitrogen and oxygen atoms in total. The summed E-state index contributed by atoms with van der Waals surface area (Å²) in [6, 6.07) is 11.0. The first kappa shape index (κ1) is 16.8. The van der Waals surface area contributed by atoms with Crippen molar-refractivity contribution < 1.29 is 4.79 Å². The largest absolute Gasteiger partial charge is 0.369 e. The van der Waals surface area contributed by atoms with Crippen LogP contribution in [0.25, 0.3) is 0 Å². The minimum atomic E-state index is 0.248. The summed E-state index contributed by atoms with van der Waals surface area (Å²) in [4.78, 5) is 19.2. The van der Waals surface area contributed by atoms with E-state index in [1.54, 1.807) is 0 Å². The highest BCUT2D eigenvalue weighted by molar-refractivity contribution is 5.78. The fourth-order valence-corrected chi connectivity index (χ4v) is 3.25. The summed E-state index contributed by atoms with van der Waals surface area (Å²) in [5, 5.41) is 0. The average molecular weight is 303 g/mol. The van der Waals surface area contributed by atoms with Crippen molar-refractivity contribution in [3.63, 3.8) is 0 Å². The van der Waals surface area contributed by atoms with Crippen molar-refractivity contribution in [2.75, 3.05) is 37.6 Å². The SMILES string of the molecule is CC(C)N(C(=O)CN1CCN(c2ccccc2)CC1)C(C)C. The van der Waals surface area contributed by atoms with E-state index in [2.05, 4.69) is 61.8 Å². The van der Waals surface area contributed by atoms with E-state index in [0.29, 0.717) is 6.54 Å². The monoisotopic (exact) mass is 303 g/mol. The highest BCUT2D eigenvalue weighted by atomic mass is 16.2. The molecule has 122 valence electrons. The van der Waals surface area contributed by atoms with Gasteiger partial charge in [0, 0.05) is 44.0 Å². The summed E-state index contributed by atoms with van der Waals surface area (Å²) in [6.07, 6.45) is 0. The van der Waals surface area contributed by atoms with Gasteiger partial charge in [-0.25, -0.2) is 0 Å². The van der Waals surface area contributed by atoms with Gasteiger partial charge in [-0.3, -0.25) is 9.69 Å². The van der Waals surface area contributed by atoms with Crippen LogP contribution in [-0.4, -0.2) is 60.5 Å². The molecule has 0 unspecified atom stereocenters. The van der Waals surface area contributed by atoms with Crippen molar-refractivity contribution in [3.05, 3.63) is 30.3 Å². The van der Waals surface area contributed by atoms with Gasteiger partial charge in [-0.2, -0.15) is 0 Å². The number of piperazine rings is 1. The zero-order valence-electron chi connectivity index (χ0n) is 14.3. The third-order valence-electron chi connectivity index (χ3n) is 4.25. The topological polar surface area (TPSA) is 26.8 Å². The first-order valence-electron chi connectivity index (χ1n) is 8.32. The number of anilines is 1. The molecule has 0 spiro atoms. The summed E-state index contributed by atoms with van der Waals surface area (Å²) < 4.78 is 0. The van der Waals surface area contributed by atoms with Crippen molar-refractivity contribution in [3.8, 4) is 0 Å². The number of hydrogen-bond donors (Lipinski definition) is 0. The van der Waals surface area contributed by atoms with Crippen LogP contribution >= 0.6 is 0 Å². The predicted molar refractivity (Wildman–Crippen MR) is 92.2 cm³/mol. The minimum Gasteiger partial charge on any atom is -0.369 e. The van der Waals surface area contributed by atoms with Gasteiger partial charge in [0.2, 0.25) is 5.91 Å². The smallest absolute Gasteiger partial charge is 0.237 e. The summed E-state index contributed by atoms with van der Waals surface area (Å²) in [6.45, 7) is 12.8. The van der Waals surface area contributed by atoms with E-state index in [9.17, 15) is 4.79 Å². The Balaban J connectivity index is 1.86. The highest BCUT2D eigenvalue weighted by Gasteiger charge is 2.24. The Morgan fingerprint density at radius 1 is 1.00 bits per heavy atom. The molecule has 0 aromatic heterocycles. The molecule has 22 heavy (non-hydrogen) atoms. The van der Waals surface area contributed by atoms with Crippen LogP contribution < -0.4 is 4.90 Å². The van der Waals surface area contributed by atoms with Gasteiger partial charge in [0.15, 0.2) is 0 Å². The van der Waals surface area contributed by atoms with Crippen LogP contribution in [0.1, 0.15) is 27.7 Å². The van der Waals surface area contributed by atoms with E-state index in [1.165, 1.54) is 5.69 Å². The first-order valence-corrected chi connectivity index (χ1v) is 8.32. The number of amides is 1. The van der Waals surface area contributed by atoms with Crippen LogP contribution in [0, 0.1) is 0 Å². The lowest BCUT2D eigenvalue weighted by Gasteiger charge is -2.38. The zero-order valence-corrected chi connectivity index (χ0v) is 14.3. The second-order valence-electron chi connectivity index (χ2n) is 6.59. The average Bonchev–Trinajstić information content (AvgIpc) is 2.48. The maximum absolute atomic E-state index is 12.5. The van der Waals surface area contributed by atoms with E-state index in [4.69, 9.17) is 0 Å². The van der Waals surface area contributed by atoms with Crippen molar-refractivity contribution in [1.82, 2.24) is 9.80 Å². The Kier molecular flexibility index (Phi) is 5.83. The van der Waals surface area contributed by atoms with Gasteiger partial charge in [-0.15, -0.1) is 0 Å². The van der Waals surface area contributed by atoms with Crippen molar-refractivity contribution in [1.29, 1.82) is 0 Å². The summed E-state index contributed by atoms with van der Waals surface area (Å²) in [5.41, 5.74) is 1.28. The number of carbonyl (C=O) groups excluding carboxylic acids is 1. The number of carbonyl (C=O) groups is 1. The van der Waals surface area contributed by atoms with Gasteiger partial charge in [-0.05, 0) is 39.8 Å². The standard InChI is InChI=1S/C18H29N3O/c1-15(2)21(16(3)4)18(22)14-19-10-12-20(13-11-19)17-8-6-5-7-9-17/h5-9,15-16H,10-14H2,1-4H3. The second-order valence-corrected chi connectivity index (χ2v) is 6.59. The molecule has 1 aromatic rings. The highest BCUT2D eigenvalue weighted by Crippen LogP contribution is 2.16. The maximum atomic E-state index is 12.5. The van der Waals surface area contributed by atoms with Crippen LogP contribution in [0.3, 0.4) is 0 Å². The fraction of sp³-hybridized carbons (Fsp3) is 0.611. The number of para-hydroxylation sites is 1. The van der Waals surface area contributed by atoms with E-state index in [-0.39, 0.29) is 18.0 Å². The van der Waals surface area contributed by atoms with Gasteiger partial charge in [-0.1, -0.05) is 18.2 Å². The third-order valence-corrected chi connectivity index (χ3v) is 4.25. The van der Waals surface area contributed by atoms with Crippen LogP contribution in [0.4, 0.5) is 5.69 Å². The first-order chi connectivity index (χ1) is 10.5. The molecule has 0 atom stereocenters. The molecule has 1 aliphatic rings. The molecular weight excluding hydrogens is 274 g/mol. The lowest BCUT2D eigenvalue weighted by Crippen LogP contribution is -2.52. The van der Waals surface area contributed by atoms with E-state index < -0.39 is 0 Å². The summed E-state index contributed by atoms with van der Waals surface area (Å²) >= 11 is 0. The van der Waals surface area contributed by atoms with Crippen LogP contribution in [0.5, 0.6) is 0 Å². The maximum Gasteiger partial charge on any atom is 0.237 e. The molecule has 0 bridgehead atoms. The second kappa shape index (κ2) is 7.63. The fourth-order valence-electron chi connectivity index (χ4n) is 3.25. The summed E-state index contributed by atoms with van der Waals surface area (Å²) in [7, 11) is 0. The zero-order chi connectivity index (χ0) is 16.1. The lowest BCUT2D eigenvalue weighted by atomic mass is 10.2.